The third-order valence-corrected chi connectivity index (χ3v) is 4.22. The van der Waals surface area contributed by atoms with Crippen LogP contribution < -0.4 is 16.4 Å². The van der Waals surface area contributed by atoms with Crippen LogP contribution in [0.15, 0.2) is 0 Å². The van der Waals surface area contributed by atoms with Gasteiger partial charge < -0.3 is 16.4 Å². The van der Waals surface area contributed by atoms with Crippen molar-refractivity contribution in [2.24, 2.45) is 17.6 Å². The van der Waals surface area contributed by atoms with E-state index in [1.54, 1.807) is 0 Å². The Morgan fingerprint density at radius 1 is 1.39 bits per heavy atom. The van der Waals surface area contributed by atoms with E-state index in [2.05, 4.69) is 17.6 Å². The van der Waals surface area contributed by atoms with Crippen LogP contribution in [0.4, 0.5) is 0 Å². The molecule has 102 valence electrons. The molecule has 1 saturated heterocycles. The van der Waals surface area contributed by atoms with Crippen molar-refractivity contribution >= 4 is 11.8 Å². The van der Waals surface area contributed by atoms with Gasteiger partial charge in [-0.1, -0.05) is 6.92 Å². The zero-order chi connectivity index (χ0) is 13.1. The van der Waals surface area contributed by atoms with Gasteiger partial charge in [-0.2, -0.15) is 0 Å². The highest BCUT2D eigenvalue weighted by molar-refractivity contribution is 5.80. The van der Waals surface area contributed by atoms with Gasteiger partial charge in [-0.15, -0.1) is 0 Å². The lowest BCUT2D eigenvalue weighted by molar-refractivity contribution is -0.129. The van der Waals surface area contributed by atoms with Gasteiger partial charge in [0.05, 0.1) is 0 Å². The molecule has 0 aromatic carbocycles. The lowest BCUT2D eigenvalue weighted by Gasteiger charge is -2.32. The molecule has 0 radical (unpaired) electrons. The van der Waals surface area contributed by atoms with E-state index >= 15 is 0 Å². The fraction of sp³-hybridized carbons (Fsp3) is 0.846. The highest BCUT2D eigenvalue weighted by Crippen LogP contribution is 2.28. The summed E-state index contributed by atoms with van der Waals surface area (Å²) < 4.78 is 0. The van der Waals surface area contributed by atoms with Gasteiger partial charge >= 0.3 is 0 Å². The summed E-state index contributed by atoms with van der Waals surface area (Å²) in [5.41, 5.74) is 5.96. The van der Waals surface area contributed by atoms with Gasteiger partial charge in [-0.3, -0.25) is 9.59 Å². The van der Waals surface area contributed by atoms with Crippen molar-refractivity contribution in [1.82, 2.24) is 10.6 Å². The van der Waals surface area contributed by atoms with Crippen LogP contribution in [0.25, 0.3) is 0 Å². The zero-order valence-corrected chi connectivity index (χ0v) is 10.9. The fourth-order valence-corrected chi connectivity index (χ4v) is 2.83. The highest BCUT2D eigenvalue weighted by atomic mass is 16.2. The molecule has 0 spiro atoms. The molecule has 1 aliphatic carbocycles. The Morgan fingerprint density at radius 2 is 2.17 bits per heavy atom. The quantitative estimate of drug-likeness (QED) is 0.654. The molecule has 18 heavy (non-hydrogen) atoms. The van der Waals surface area contributed by atoms with Crippen LogP contribution in [0.5, 0.6) is 0 Å². The molecule has 0 bridgehead atoms. The summed E-state index contributed by atoms with van der Waals surface area (Å²) >= 11 is 0. The molecule has 2 fully saturated rings. The number of amides is 2. The molecular formula is C13H23N3O2. The van der Waals surface area contributed by atoms with Crippen LogP contribution in [0.1, 0.15) is 39.0 Å². The van der Waals surface area contributed by atoms with E-state index in [-0.39, 0.29) is 29.8 Å². The predicted octanol–water partition coefficient (Wildman–Crippen LogP) is 0.145. The van der Waals surface area contributed by atoms with Gasteiger partial charge in [0.1, 0.15) is 0 Å². The number of rotatable bonds is 2. The maximum Gasteiger partial charge on any atom is 0.223 e. The van der Waals surface area contributed by atoms with Crippen LogP contribution in [0.2, 0.25) is 0 Å². The molecule has 2 aliphatic rings. The van der Waals surface area contributed by atoms with Gasteiger partial charge in [0.25, 0.3) is 0 Å². The summed E-state index contributed by atoms with van der Waals surface area (Å²) in [5.74, 6) is 0.727. The molecule has 4 atom stereocenters. The lowest BCUT2D eigenvalue weighted by Crippen LogP contribution is -2.50. The molecular weight excluding hydrogens is 230 g/mol. The van der Waals surface area contributed by atoms with Gasteiger partial charge in [-0.25, -0.2) is 0 Å². The predicted molar refractivity (Wildman–Crippen MR) is 68.7 cm³/mol. The number of hydrogen-bond donors (Lipinski definition) is 3. The summed E-state index contributed by atoms with van der Waals surface area (Å²) in [6, 6.07) is 0.337. The summed E-state index contributed by atoms with van der Waals surface area (Å²) in [7, 11) is 0. The van der Waals surface area contributed by atoms with Gasteiger partial charge in [0, 0.05) is 31.0 Å². The number of carbonyl (C=O) groups is 2. The van der Waals surface area contributed by atoms with Crippen LogP contribution in [-0.4, -0.2) is 30.4 Å². The van der Waals surface area contributed by atoms with Crippen LogP contribution in [0.3, 0.4) is 0 Å². The number of nitrogens with one attached hydrogen (secondary N) is 2. The van der Waals surface area contributed by atoms with E-state index in [1.165, 1.54) is 0 Å². The molecule has 2 rings (SSSR count). The van der Waals surface area contributed by atoms with E-state index in [0.29, 0.717) is 18.9 Å². The maximum atomic E-state index is 12.1. The van der Waals surface area contributed by atoms with Crippen molar-refractivity contribution in [2.75, 3.05) is 6.54 Å². The minimum Gasteiger partial charge on any atom is -0.354 e. The van der Waals surface area contributed by atoms with E-state index < -0.39 is 0 Å². The van der Waals surface area contributed by atoms with Crippen LogP contribution in [0, 0.1) is 11.8 Å². The Labute approximate surface area is 108 Å². The molecule has 1 saturated carbocycles. The number of piperidine rings is 1. The molecule has 2 amide bonds. The van der Waals surface area contributed by atoms with Gasteiger partial charge in [-0.05, 0) is 31.6 Å². The van der Waals surface area contributed by atoms with Crippen molar-refractivity contribution < 1.29 is 9.59 Å². The third kappa shape index (κ3) is 3.22. The summed E-state index contributed by atoms with van der Waals surface area (Å²) in [6.45, 7) is 2.68. The second-order valence-electron chi connectivity index (χ2n) is 5.70. The SMILES string of the molecule is CC1CC(C(=O)NC2CCC(=O)NC2)CCC1N. The van der Waals surface area contributed by atoms with Crippen molar-refractivity contribution in [3.63, 3.8) is 0 Å². The van der Waals surface area contributed by atoms with Crippen molar-refractivity contribution in [3.05, 3.63) is 0 Å². The first kappa shape index (κ1) is 13.3. The number of carbonyl (C=O) groups excluding carboxylic acids is 2. The van der Waals surface area contributed by atoms with Crippen molar-refractivity contribution in [3.8, 4) is 0 Å². The normalized spacial score (nSPS) is 36.9. The highest BCUT2D eigenvalue weighted by Gasteiger charge is 2.31. The van der Waals surface area contributed by atoms with E-state index in [1.807, 2.05) is 0 Å². The molecule has 0 aromatic heterocycles. The Morgan fingerprint density at radius 3 is 2.78 bits per heavy atom. The Kier molecular flexibility index (Phi) is 4.22. The first-order chi connectivity index (χ1) is 8.56. The van der Waals surface area contributed by atoms with Crippen LogP contribution in [-0.2, 0) is 9.59 Å². The second-order valence-corrected chi connectivity index (χ2v) is 5.70. The monoisotopic (exact) mass is 253 g/mol. The Balaban J connectivity index is 1.79. The van der Waals surface area contributed by atoms with Gasteiger partial charge in [0.2, 0.25) is 11.8 Å². The lowest BCUT2D eigenvalue weighted by atomic mass is 9.79. The maximum absolute atomic E-state index is 12.1. The summed E-state index contributed by atoms with van der Waals surface area (Å²) in [4.78, 5) is 23.2. The minimum absolute atomic E-state index is 0.0813. The third-order valence-electron chi connectivity index (χ3n) is 4.22. The molecule has 1 heterocycles. The number of nitrogens with two attached hydrogens (primary N) is 1. The molecule has 5 nitrogen and oxygen atoms in total. The second kappa shape index (κ2) is 5.69. The molecule has 0 aromatic rings. The smallest absolute Gasteiger partial charge is 0.223 e. The summed E-state index contributed by atoms with van der Waals surface area (Å²) in [6.07, 6.45) is 3.96. The van der Waals surface area contributed by atoms with E-state index in [4.69, 9.17) is 5.73 Å². The molecule has 1 aliphatic heterocycles. The van der Waals surface area contributed by atoms with Crippen LogP contribution >= 0.6 is 0 Å². The average molecular weight is 253 g/mol. The zero-order valence-electron chi connectivity index (χ0n) is 10.9. The van der Waals surface area contributed by atoms with Crippen molar-refractivity contribution in [1.29, 1.82) is 0 Å². The topological polar surface area (TPSA) is 84.2 Å². The largest absolute Gasteiger partial charge is 0.354 e. The Bertz CT molecular complexity index is 322. The standard InChI is InChI=1S/C13H23N3O2/c1-8-6-9(2-4-11(8)14)13(18)16-10-3-5-12(17)15-7-10/h8-11H,2-7,14H2,1H3,(H,15,17)(H,16,18). The van der Waals surface area contributed by atoms with Gasteiger partial charge in [0.15, 0.2) is 0 Å². The molecule has 5 heteroatoms. The van der Waals surface area contributed by atoms with E-state index in [9.17, 15) is 9.59 Å². The first-order valence-electron chi connectivity index (χ1n) is 6.89. The van der Waals surface area contributed by atoms with Crippen molar-refractivity contribution in [2.45, 2.75) is 51.1 Å². The first-order valence-corrected chi connectivity index (χ1v) is 6.89. The fourth-order valence-electron chi connectivity index (χ4n) is 2.83. The molecule has 4 N–H and O–H groups in total. The minimum atomic E-state index is 0.0813. The average Bonchev–Trinajstić information content (AvgIpc) is 2.35. The Hall–Kier alpha value is -1.10. The summed E-state index contributed by atoms with van der Waals surface area (Å²) in [5, 5.41) is 5.83. The van der Waals surface area contributed by atoms with E-state index in [0.717, 1.165) is 25.7 Å². The molecule has 4 unspecified atom stereocenters. The number of hydrogen-bond acceptors (Lipinski definition) is 3.